The van der Waals surface area contributed by atoms with Gasteiger partial charge >= 0.3 is 0 Å². The zero-order valence-electron chi connectivity index (χ0n) is 10.4. The summed E-state index contributed by atoms with van der Waals surface area (Å²) in [5, 5.41) is 21.7. The smallest absolute Gasteiger partial charge is 0.263 e. The summed E-state index contributed by atoms with van der Waals surface area (Å²) in [5.41, 5.74) is 0.648. The van der Waals surface area contributed by atoms with E-state index in [0.29, 0.717) is 10.0 Å². The summed E-state index contributed by atoms with van der Waals surface area (Å²) in [7, 11) is 0. The second kappa shape index (κ2) is 5.50. The Hall–Kier alpha value is -2.08. The summed E-state index contributed by atoms with van der Waals surface area (Å²) >= 11 is 3.05. The lowest BCUT2D eigenvalue weighted by molar-refractivity contribution is 0.102. The van der Waals surface area contributed by atoms with Gasteiger partial charge in [-0.15, -0.1) is 0 Å². The third-order valence-electron chi connectivity index (χ3n) is 2.76. The minimum atomic E-state index is -0.717. The quantitative estimate of drug-likeness (QED) is 0.783. The Labute approximate surface area is 123 Å². The van der Waals surface area contributed by atoms with Crippen LogP contribution >= 0.6 is 15.9 Å². The van der Waals surface area contributed by atoms with Crippen LogP contribution in [0.4, 0.5) is 10.1 Å². The zero-order chi connectivity index (χ0) is 14.9. The molecule has 4 nitrogen and oxygen atoms in total. The molecular weight excluding hydrogens is 329 g/mol. The van der Waals surface area contributed by atoms with Gasteiger partial charge in [0.15, 0.2) is 0 Å². The topological polar surface area (TPSA) is 69.6 Å². The molecule has 0 unspecified atom stereocenters. The van der Waals surface area contributed by atoms with Crippen LogP contribution in [0.5, 0.6) is 11.5 Å². The van der Waals surface area contributed by atoms with E-state index in [2.05, 4.69) is 21.2 Å². The summed E-state index contributed by atoms with van der Waals surface area (Å²) in [6, 6.07) is 6.66. The first-order valence-electron chi connectivity index (χ1n) is 5.68. The number of carbonyl (C=O) groups is 1. The molecule has 0 aliphatic rings. The van der Waals surface area contributed by atoms with E-state index in [0.717, 1.165) is 6.07 Å². The van der Waals surface area contributed by atoms with Crippen LogP contribution in [0.3, 0.4) is 0 Å². The fourth-order valence-electron chi connectivity index (χ4n) is 1.73. The van der Waals surface area contributed by atoms with E-state index in [1.807, 2.05) is 0 Å². The fraction of sp³-hybridized carbons (Fsp3) is 0.0714. The number of phenolic OH excluding ortho intramolecular Hbond substituents is 2. The monoisotopic (exact) mass is 339 g/mol. The van der Waals surface area contributed by atoms with Crippen LogP contribution in [0.1, 0.15) is 15.9 Å². The molecule has 0 fully saturated rings. The standard InChI is InChI=1S/C14H11BrFNO3/c1-7-5-8(15)9(16)6-10(7)17-14(20)13-11(18)3-2-4-12(13)19/h2-6,18-19H,1H3,(H,17,20). The molecule has 2 aromatic rings. The molecule has 1 amide bonds. The highest BCUT2D eigenvalue weighted by molar-refractivity contribution is 9.10. The lowest BCUT2D eigenvalue weighted by Gasteiger charge is -2.11. The van der Waals surface area contributed by atoms with Crippen LogP contribution in [0.15, 0.2) is 34.8 Å². The number of aromatic hydroxyl groups is 2. The summed E-state index contributed by atoms with van der Waals surface area (Å²) in [6.07, 6.45) is 0. The van der Waals surface area contributed by atoms with Crippen LogP contribution in [0.2, 0.25) is 0 Å². The lowest BCUT2D eigenvalue weighted by atomic mass is 10.1. The largest absolute Gasteiger partial charge is 0.507 e. The fourth-order valence-corrected chi connectivity index (χ4v) is 2.18. The Bertz CT molecular complexity index is 668. The van der Waals surface area contributed by atoms with Gasteiger partial charge in [0.2, 0.25) is 0 Å². The second-order valence-electron chi connectivity index (χ2n) is 4.21. The molecular formula is C14H11BrFNO3. The van der Waals surface area contributed by atoms with Gasteiger partial charge in [-0.3, -0.25) is 4.79 Å². The number of nitrogens with one attached hydrogen (secondary N) is 1. The zero-order valence-corrected chi connectivity index (χ0v) is 12.0. The van der Waals surface area contributed by atoms with E-state index in [1.165, 1.54) is 24.3 Å². The third-order valence-corrected chi connectivity index (χ3v) is 3.37. The van der Waals surface area contributed by atoms with Gasteiger partial charge in [0.25, 0.3) is 5.91 Å². The molecule has 0 heterocycles. The maximum atomic E-state index is 13.5. The first-order chi connectivity index (χ1) is 9.40. The van der Waals surface area contributed by atoms with E-state index in [-0.39, 0.29) is 22.7 Å². The van der Waals surface area contributed by atoms with Crippen molar-refractivity contribution in [2.24, 2.45) is 0 Å². The Kier molecular flexibility index (Phi) is 3.94. The van der Waals surface area contributed by atoms with Crippen LogP contribution < -0.4 is 5.32 Å². The number of amides is 1. The van der Waals surface area contributed by atoms with Crippen molar-refractivity contribution in [2.75, 3.05) is 5.32 Å². The highest BCUT2D eigenvalue weighted by atomic mass is 79.9. The Balaban J connectivity index is 2.35. The highest BCUT2D eigenvalue weighted by Gasteiger charge is 2.17. The van der Waals surface area contributed by atoms with Gasteiger partial charge in [0.1, 0.15) is 22.9 Å². The Morgan fingerprint density at radius 3 is 2.45 bits per heavy atom. The first-order valence-corrected chi connectivity index (χ1v) is 6.47. The molecule has 3 N–H and O–H groups in total. The second-order valence-corrected chi connectivity index (χ2v) is 5.06. The molecule has 6 heteroatoms. The van der Waals surface area contributed by atoms with E-state index in [9.17, 15) is 19.4 Å². The van der Waals surface area contributed by atoms with Crippen molar-refractivity contribution in [3.63, 3.8) is 0 Å². The molecule has 0 aliphatic carbocycles. The predicted octanol–water partition coefficient (Wildman–Crippen LogP) is 3.56. The normalized spacial score (nSPS) is 10.3. The van der Waals surface area contributed by atoms with Crippen molar-refractivity contribution in [1.82, 2.24) is 0 Å². The van der Waals surface area contributed by atoms with Crippen LogP contribution in [0.25, 0.3) is 0 Å². The van der Waals surface area contributed by atoms with Crippen molar-refractivity contribution in [3.8, 4) is 11.5 Å². The van der Waals surface area contributed by atoms with Gasteiger partial charge in [-0.2, -0.15) is 0 Å². The van der Waals surface area contributed by atoms with Crippen LogP contribution in [-0.2, 0) is 0 Å². The van der Waals surface area contributed by atoms with Gasteiger partial charge in [-0.25, -0.2) is 4.39 Å². The summed E-state index contributed by atoms with van der Waals surface area (Å²) in [5.74, 6) is -1.94. The minimum absolute atomic E-state index is 0.254. The molecule has 0 saturated carbocycles. The predicted molar refractivity (Wildman–Crippen MR) is 76.6 cm³/mol. The molecule has 20 heavy (non-hydrogen) atoms. The summed E-state index contributed by atoms with van der Waals surface area (Å²) in [4.78, 5) is 12.0. The molecule has 104 valence electrons. The summed E-state index contributed by atoms with van der Waals surface area (Å²) < 4.78 is 13.8. The average Bonchev–Trinajstić information content (AvgIpc) is 2.35. The number of rotatable bonds is 2. The van der Waals surface area contributed by atoms with E-state index in [1.54, 1.807) is 6.92 Å². The number of carbonyl (C=O) groups excluding carboxylic acids is 1. The lowest BCUT2D eigenvalue weighted by Crippen LogP contribution is -2.13. The maximum absolute atomic E-state index is 13.5. The van der Waals surface area contributed by atoms with Crippen LogP contribution in [0, 0.1) is 12.7 Å². The number of benzene rings is 2. The highest BCUT2D eigenvalue weighted by Crippen LogP contribution is 2.29. The van der Waals surface area contributed by atoms with Crippen molar-refractivity contribution in [3.05, 3.63) is 51.7 Å². The van der Waals surface area contributed by atoms with Crippen molar-refractivity contribution in [1.29, 1.82) is 0 Å². The molecule has 0 radical (unpaired) electrons. The molecule has 2 rings (SSSR count). The van der Waals surface area contributed by atoms with Crippen molar-refractivity contribution < 1.29 is 19.4 Å². The van der Waals surface area contributed by atoms with Crippen molar-refractivity contribution in [2.45, 2.75) is 6.92 Å². The SMILES string of the molecule is Cc1cc(Br)c(F)cc1NC(=O)c1c(O)cccc1O. The first kappa shape index (κ1) is 14.3. The number of aryl methyl sites for hydroxylation is 1. The number of phenols is 2. The van der Waals surface area contributed by atoms with Crippen molar-refractivity contribution >= 4 is 27.5 Å². The molecule has 2 aromatic carbocycles. The van der Waals surface area contributed by atoms with Gasteiger partial charge in [0, 0.05) is 5.69 Å². The average molecular weight is 340 g/mol. The minimum Gasteiger partial charge on any atom is -0.507 e. The molecule has 0 bridgehead atoms. The van der Waals surface area contributed by atoms with Gasteiger partial charge in [0.05, 0.1) is 4.47 Å². The van der Waals surface area contributed by atoms with Gasteiger partial charge in [-0.05, 0) is 52.7 Å². The third kappa shape index (κ3) is 2.75. The molecule has 0 aliphatic heterocycles. The molecule has 0 saturated heterocycles. The van der Waals surface area contributed by atoms with Crippen LogP contribution in [-0.4, -0.2) is 16.1 Å². The number of halogens is 2. The van der Waals surface area contributed by atoms with Gasteiger partial charge in [-0.1, -0.05) is 6.07 Å². The van der Waals surface area contributed by atoms with Gasteiger partial charge < -0.3 is 15.5 Å². The Morgan fingerprint density at radius 1 is 1.25 bits per heavy atom. The van der Waals surface area contributed by atoms with E-state index in [4.69, 9.17) is 0 Å². The number of hydrogen-bond donors (Lipinski definition) is 3. The summed E-state index contributed by atoms with van der Waals surface area (Å²) in [6.45, 7) is 1.70. The maximum Gasteiger partial charge on any atom is 0.263 e. The number of anilines is 1. The van der Waals surface area contributed by atoms with E-state index >= 15 is 0 Å². The molecule has 0 aromatic heterocycles. The van der Waals surface area contributed by atoms with E-state index < -0.39 is 11.7 Å². The Morgan fingerprint density at radius 2 is 1.85 bits per heavy atom. The molecule has 0 spiro atoms. The number of hydrogen-bond acceptors (Lipinski definition) is 3. The molecule has 0 atom stereocenters.